The SMILES string of the molecule is COc1cc(F)c(-c2nsc(C(F)(F)F)c2COS(C)(=O)=O)c(F)c1. The molecule has 0 fully saturated rings. The summed E-state index contributed by atoms with van der Waals surface area (Å²) < 4.78 is 102. The van der Waals surface area contributed by atoms with Crippen LogP contribution < -0.4 is 4.74 Å². The fraction of sp³-hybridized carbons (Fsp3) is 0.308. The summed E-state index contributed by atoms with van der Waals surface area (Å²) >= 11 is -0.0585. The lowest BCUT2D eigenvalue weighted by atomic mass is 10.0. The molecule has 0 unspecified atom stereocenters. The Bertz CT molecular complexity index is 869. The molecule has 1 heterocycles. The van der Waals surface area contributed by atoms with Crippen LogP contribution in [0.15, 0.2) is 12.1 Å². The Balaban J connectivity index is 2.64. The monoisotopic (exact) mass is 403 g/mol. The molecule has 25 heavy (non-hydrogen) atoms. The zero-order chi connectivity index (χ0) is 19.0. The van der Waals surface area contributed by atoms with E-state index in [4.69, 9.17) is 0 Å². The summed E-state index contributed by atoms with van der Waals surface area (Å²) in [6, 6.07) is 1.54. The van der Waals surface area contributed by atoms with Gasteiger partial charge in [-0.05, 0) is 11.5 Å². The smallest absolute Gasteiger partial charge is 0.427 e. The molecule has 0 bridgehead atoms. The molecule has 0 saturated carbocycles. The number of halogens is 5. The van der Waals surface area contributed by atoms with Gasteiger partial charge in [-0.25, -0.2) is 8.78 Å². The lowest BCUT2D eigenvalue weighted by Crippen LogP contribution is -2.10. The number of rotatable bonds is 5. The predicted octanol–water partition coefficient (Wildman–Crippen LogP) is 3.59. The van der Waals surface area contributed by atoms with Crippen LogP contribution in [0.1, 0.15) is 10.4 Å². The molecule has 0 radical (unpaired) electrons. The van der Waals surface area contributed by atoms with E-state index in [2.05, 4.69) is 13.3 Å². The molecule has 1 aromatic heterocycles. The van der Waals surface area contributed by atoms with Crippen molar-refractivity contribution in [1.29, 1.82) is 0 Å². The summed E-state index contributed by atoms with van der Waals surface area (Å²) in [5.74, 6) is -2.60. The second kappa shape index (κ2) is 6.84. The van der Waals surface area contributed by atoms with E-state index in [1.165, 1.54) is 0 Å². The first-order valence-electron chi connectivity index (χ1n) is 6.37. The standard InChI is InChI=1S/C13H10F5NO4S2/c1-22-6-3-8(14)10(9(15)4-6)11-7(5-23-25(2,20)21)12(24-19-11)13(16,17)18/h3-4H,5H2,1-2H3. The van der Waals surface area contributed by atoms with Crippen LogP contribution in [0.25, 0.3) is 11.3 Å². The molecule has 0 aliphatic carbocycles. The van der Waals surface area contributed by atoms with Gasteiger partial charge in [-0.3, -0.25) is 4.18 Å². The summed E-state index contributed by atoms with van der Waals surface area (Å²) in [4.78, 5) is -1.30. The summed E-state index contributed by atoms with van der Waals surface area (Å²) in [6.45, 7) is -1.07. The van der Waals surface area contributed by atoms with Crippen LogP contribution >= 0.6 is 11.5 Å². The van der Waals surface area contributed by atoms with Crippen molar-refractivity contribution < 1.29 is 39.3 Å². The highest BCUT2D eigenvalue weighted by molar-refractivity contribution is 7.85. The Morgan fingerprint density at radius 3 is 2.20 bits per heavy atom. The number of nitrogens with zero attached hydrogens (tertiary/aromatic N) is 1. The molecule has 0 amide bonds. The molecule has 0 N–H and O–H groups in total. The van der Waals surface area contributed by atoms with Gasteiger partial charge < -0.3 is 4.74 Å². The minimum Gasteiger partial charge on any atom is -0.497 e. The molecule has 12 heteroatoms. The fourth-order valence-corrected chi connectivity index (χ4v) is 3.01. The Kier molecular flexibility index (Phi) is 5.35. The Morgan fingerprint density at radius 1 is 1.20 bits per heavy atom. The highest BCUT2D eigenvalue weighted by Gasteiger charge is 2.39. The van der Waals surface area contributed by atoms with Crippen LogP contribution in [0.5, 0.6) is 5.75 Å². The number of hydrogen-bond acceptors (Lipinski definition) is 6. The van der Waals surface area contributed by atoms with Crippen LogP contribution in [-0.2, 0) is 27.1 Å². The molecule has 0 saturated heterocycles. The van der Waals surface area contributed by atoms with Crippen LogP contribution in [0.4, 0.5) is 22.0 Å². The highest BCUT2D eigenvalue weighted by Crippen LogP contribution is 2.41. The Morgan fingerprint density at radius 2 is 1.76 bits per heavy atom. The van der Waals surface area contributed by atoms with E-state index in [0.29, 0.717) is 6.26 Å². The van der Waals surface area contributed by atoms with Gasteiger partial charge in [-0.1, -0.05) is 0 Å². The van der Waals surface area contributed by atoms with E-state index < -0.39 is 56.2 Å². The first-order valence-corrected chi connectivity index (χ1v) is 8.96. The van der Waals surface area contributed by atoms with Crippen LogP contribution in [-0.4, -0.2) is 26.2 Å². The Labute approximate surface area is 143 Å². The molecular formula is C13H10F5NO4S2. The summed E-state index contributed by atoms with van der Waals surface area (Å²) in [5.41, 5.74) is -2.29. The van der Waals surface area contributed by atoms with Crippen LogP contribution in [0, 0.1) is 11.6 Å². The van der Waals surface area contributed by atoms with Gasteiger partial charge in [0.2, 0.25) is 0 Å². The maximum atomic E-state index is 14.1. The summed E-state index contributed by atoms with van der Waals surface area (Å²) in [5, 5.41) is 0. The fourth-order valence-electron chi connectivity index (χ4n) is 1.92. The Hall–Kier alpha value is -1.79. The van der Waals surface area contributed by atoms with Crippen molar-refractivity contribution in [3.8, 4) is 17.0 Å². The van der Waals surface area contributed by atoms with E-state index in [1.54, 1.807) is 0 Å². The number of alkyl halides is 3. The maximum Gasteiger partial charge on any atom is 0.427 e. The number of methoxy groups -OCH3 is 1. The van der Waals surface area contributed by atoms with E-state index in [0.717, 1.165) is 19.2 Å². The maximum absolute atomic E-state index is 14.1. The number of aromatic nitrogens is 1. The van der Waals surface area contributed by atoms with Gasteiger partial charge in [-0.15, -0.1) is 0 Å². The predicted molar refractivity (Wildman–Crippen MR) is 78.7 cm³/mol. The highest BCUT2D eigenvalue weighted by atomic mass is 32.2. The zero-order valence-corrected chi connectivity index (χ0v) is 14.3. The summed E-state index contributed by atoms with van der Waals surface area (Å²) in [7, 11) is -2.93. The lowest BCUT2D eigenvalue weighted by molar-refractivity contribution is -0.135. The van der Waals surface area contributed by atoms with E-state index in [-0.39, 0.29) is 17.3 Å². The van der Waals surface area contributed by atoms with Crippen molar-refractivity contribution in [2.75, 3.05) is 13.4 Å². The number of ether oxygens (including phenoxy) is 1. The molecule has 0 aliphatic heterocycles. The van der Waals surface area contributed by atoms with E-state index in [1.807, 2.05) is 0 Å². The second-order valence-corrected chi connectivity index (χ2v) is 7.19. The molecule has 0 spiro atoms. The van der Waals surface area contributed by atoms with Gasteiger partial charge in [0.25, 0.3) is 10.1 Å². The van der Waals surface area contributed by atoms with Crippen LogP contribution in [0.3, 0.4) is 0 Å². The quantitative estimate of drug-likeness (QED) is 0.564. The first-order chi connectivity index (χ1) is 11.4. The molecule has 2 aromatic rings. The summed E-state index contributed by atoms with van der Waals surface area (Å²) in [6.07, 6.45) is -4.26. The van der Waals surface area contributed by atoms with Crippen molar-refractivity contribution in [1.82, 2.24) is 4.37 Å². The molecule has 138 valence electrons. The third-order valence-corrected chi connectivity index (χ3v) is 4.43. The zero-order valence-electron chi connectivity index (χ0n) is 12.6. The molecule has 0 aliphatic rings. The average molecular weight is 403 g/mol. The molecule has 2 rings (SSSR count). The topological polar surface area (TPSA) is 65.5 Å². The van der Waals surface area contributed by atoms with Crippen LogP contribution in [0.2, 0.25) is 0 Å². The molecular weight excluding hydrogens is 393 g/mol. The third-order valence-electron chi connectivity index (χ3n) is 2.95. The lowest BCUT2D eigenvalue weighted by Gasteiger charge is -2.10. The van der Waals surface area contributed by atoms with Gasteiger partial charge in [0.05, 0.1) is 31.2 Å². The van der Waals surface area contributed by atoms with Gasteiger partial charge in [0, 0.05) is 17.7 Å². The van der Waals surface area contributed by atoms with E-state index >= 15 is 0 Å². The molecule has 1 aromatic carbocycles. The number of hydrogen-bond donors (Lipinski definition) is 0. The van der Waals surface area contributed by atoms with Gasteiger partial charge >= 0.3 is 6.18 Å². The minimum atomic E-state index is -4.90. The van der Waals surface area contributed by atoms with Gasteiger partial charge in [0.15, 0.2) is 0 Å². The van der Waals surface area contributed by atoms with Crippen molar-refractivity contribution in [3.63, 3.8) is 0 Å². The molecule has 0 atom stereocenters. The third kappa shape index (κ3) is 4.44. The molecule has 5 nitrogen and oxygen atoms in total. The minimum absolute atomic E-state index is 0.0585. The largest absolute Gasteiger partial charge is 0.497 e. The number of benzene rings is 1. The van der Waals surface area contributed by atoms with Crippen molar-refractivity contribution in [2.24, 2.45) is 0 Å². The van der Waals surface area contributed by atoms with E-state index in [9.17, 15) is 30.4 Å². The van der Waals surface area contributed by atoms with Gasteiger partial charge in [-0.2, -0.15) is 26.0 Å². The normalized spacial score (nSPS) is 12.4. The van der Waals surface area contributed by atoms with Crippen molar-refractivity contribution in [3.05, 3.63) is 34.2 Å². The first kappa shape index (κ1) is 19.5. The average Bonchev–Trinajstić information content (AvgIpc) is 2.87. The van der Waals surface area contributed by atoms with Gasteiger partial charge in [0.1, 0.15) is 22.3 Å². The van der Waals surface area contributed by atoms with Crippen molar-refractivity contribution >= 4 is 21.7 Å². The van der Waals surface area contributed by atoms with Crippen molar-refractivity contribution in [2.45, 2.75) is 12.8 Å². The second-order valence-electron chi connectivity index (χ2n) is 4.77.